The number of methoxy groups -OCH3 is 3. The minimum absolute atomic E-state index is 0.0181. The number of rotatable bonds is 16. The molecule has 6 rings (SSSR count). The molecule has 2 N–H and O–H groups in total. The zero-order chi connectivity index (χ0) is 43.0. The summed E-state index contributed by atoms with van der Waals surface area (Å²) < 4.78 is 77.5. The lowest BCUT2D eigenvalue weighted by Gasteiger charge is -2.25. The summed E-state index contributed by atoms with van der Waals surface area (Å²) in [6.07, 6.45) is 0.857. The fourth-order valence-corrected chi connectivity index (χ4v) is 8.82. The number of alkyl carbamates (subject to hydrolysis) is 1. The van der Waals surface area contributed by atoms with E-state index in [4.69, 9.17) is 18.9 Å². The second-order valence-corrected chi connectivity index (χ2v) is 17.2. The summed E-state index contributed by atoms with van der Waals surface area (Å²) in [5.74, 6) is 1.70. The number of carbonyl (C=O) groups is 1. The predicted octanol–water partition coefficient (Wildman–Crippen LogP) is 6.47. The highest BCUT2D eigenvalue weighted by molar-refractivity contribution is 7.90. The molecule has 0 spiro atoms. The van der Waals surface area contributed by atoms with Crippen molar-refractivity contribution >= 4 is 27.2 Å². The Hall–Kier alpha value is -6.21. The monoisotopic (exact) mass is 855 g/mol. The van der Waals surface area contributed by atoms with Crippen molar-refractivity contribution < 1.29 is 40.9 Å². The van der Waals surface area contributed by atoms with Gasteiger partial charge in [0.25, 0.3) is 0 Å². The summed E-state index contributed by atoms with van der Waals surface area (Å²) >= 11 is -2.81. The van der Waals surface area contributed by atoms with Gasteiger partial charge in [-0.3, -0.25) is 4.98 Å². The van der Waals surface area contributed by atoms with Crippen molar-refractivity contribution in [2.24, 2.45) is 0 Å². The number of hydrogen-bond acceptors (Lipinski definition) is 12. The maximum atomic E-state index is 15.5. The van der Waals surface area contributed by atoms with Crippen LogP contribution < -0.4 is 19.5 Å². The van der Waals surface area contributed by atoms with Gasteiger partial charge in [0.05, 0.1) is 50.6 Å². The van der Waals surface area contributed by atoms with E-state index in [1.807, 2.05) is 12.1 Å². The van der Waals surface area contributed by atoms with Gasteiger partial charge in [-0.2, -0.15) is 9.10 Å². The van der Waals surface area contributed by atoms with E-state index in [-0.39, 0.29) is 37.6 Å². The van der Waals surface area contributed by atoms with Crippen LogP contribution in [0.25, 0.3) is 22.5 Å². The van der Waals surface area contributed by atoms with Crippen LogP contribution in [0, 0.1) is 0 Å². The Bertz CT molecular complexity index is 2510. The first-order valence-electron chi connectivity index (χ1n) is 18.5. The Morgan fingerprint density at radius 2 is 1.37 bits per heavy atom. The summed E-state index contributed by atoms with van der Waals surface area (Å²) in [5.41, 5.74) is 2.42. The number of nitrogens with zero attached hydrogens (tertiary/aromatic N) is 6. The molecule has 0 fully saturated rings. The van der Waals surface area contributed by atoms with Gasteiger partial charge in [0.1, 0.15) is 27.7 Å². The number of aromatic nitrogens is 5. The quantitative estimate of drug-likeness (QED) is 0.101. The molecule has 6 aromatic rings. The van der Waals surface area contributed by atoms with Crippen molar-refractivity contribution in [3.63, 3.8) is 0 Å². The van der Waals surface area contributed by atoms with Gasteiger partial charge in [-0.25, -0.2) is 17.4 Å². The molecular weight excluding hydrogens is 811 g/mol. The molecule has 4 aromatic carbocycles. The molecule has 314 valence electrons. The van der Waals surface area contributed by atoms with Gasteiger partial charge in [0.15, 0.2) is 11.1 Å². The van der Waals surface area contributed by atoms with Crippen molar-refractivity contribution in [2.75, 3.05) is 21.3 Å². The van der Waals surface area contributed by atoms with Gasteiger partial charge in [0, 0.05) is 19.3 Å². The zero-order valence-corrected chi connectivity index (χ0v) is 35.5. The second kappa shape index (κ2) is 18.8. The van der Waals surface area contributed by atoms with Crippen LogP contribution in [0.4, 0.5) is 4.79 Å². The first-order chi connectivity index (χ1) is 28.7. The Kier molecular flexibility index (Phi) is 13.6. The highest BCUT2D eigenvalue weighted by Gasteiger charge is 2.36. The lowest BCUT2D eigenvalue weighted by atomic mass is 9.99. The van der Waals surface area contributed by atoms with Gasteiger partial charge in [-0.1, -0.05) is 42.5 Å². The van der Waals surface area contributed by atoms with E-state index in [9.17, 15) is 13.6 Å². The summed E-state index contributed by atoms with van der Waals surface area (Å²) in [7, 11) is -0.0920. The minimum atomic E-state index is -4.72. The Morgan fingerprint density at radius 1 is 0.817 bits per heavy atom. The molecular formula is C42H45N7O9S2. The van der Waals surface area contributed by atoms with Crippen molar-refractivity contribution in [3.8, 4) is 39.8 Å². The Morgan fingerprint density at radius 3 is 1.88 bits per heavy atom. The molecule has 2 aromatic heterocycles. The summed E-state index contributed by atoms with van der Waals surface area (Å²) in [6, 6.07) is 27.2. The second-order valence-electron chi connectivity index (χ2n) is 14.4. The predicted molar refractivity (Wildman–Crippen MR) is 223 cm³/mol. The fraction of sp³-hybridized carbons (Fsp3) is 0.262. The van der Waals surface area contributed by atoms with Gasteiger partial charge < -0.3 is 28.8 Å². The van der Waals surface area contributed by atoms with Crippen LogP contribution in [0.15, 0.2) is 113 Å². The van der Waals surface area contributed by atoms with Crippen LogP contribution in [-0.2, 0) is 52.0 Å². The number of pyridine rings is 1. The van der Waals surface area contributed by atoms with E-state index < -0.39 is 42.6 Å². The molecule has 0 aliphatic heterocycles. The first-order valence-corrected chi connectivity index (χ1v) is 21.1. The number of nitrogens with one attached hydrogen (secondary N) is 1. The number of benzene rings is 4. The van der Waals surface area contributed by atoms with Gasteiger partial charge in [0.2, 0.25) is 15.8 Å². The molecule has 0 saturated carbocycles. The lowest BCUT2D eigenvalue weighted by Crippen LogP contribution is -2.32. The molecule has 16 nitrogen and oxygen atoms in total. The van der Waals surface area contributed by atoms with Crippen LogP contribution in [0.1, 0.15) is 43.2 Å². The molecule has 0 aliphatic carbocycles. The number of sulfonamides is 1. The molecule has 0 radical (unpaired) electrons. The van der Waals surface area contributed by atoms with Crippen molar-refractivity contribution in [3.05, 3.63) is 126 Å². The summed E-state index contributed by atoms with van der Waals surface area (Å²) in [5, 5.41) is 15.9. The summed E-state index contributed by atoms with van der Waals surface area (Å²) in [6.45, 7) is 5.13. The first kappa shape index (κ1) is 43.4. The highest BCUT2D eigenvalue weighted by Crippen LogP contribution is 2.41. The van der Waals surface area contributed by atoms with Crippen LogP contribution in [0.5, 0.6) is 17.2 Å². The van der Waals surface area contributed by atoms with E-state index >= 15 is 8.42 Å². The maximum absolute atomic E-state index is 15.5. The largest absolute Gasteiger partial charge is 0.497 e. The molecule has 2 heterocycles. The molecule has 1 atom stereocenters. The van der Waals surface area contributed by atoms with Gasteiger partial charge >= 0.3 is 6.09 Å². The Labute approximate surface area is 350 Å². The SMILES string of the molecule is COc1ccc(CN(Cc2ccc(OC)cc2)S(=O)(=O)c2c(S(=O)O)ccc(-c3ccnc(CNC(=O)OC(C)(C)C)c3)c2-c2nnn(Cc3ccc(OC)cc3)n2)cc1. The summed E-state index contributed by atoms with van der Waals surface area (Å²) in [4.78, 5) is 17.3. The normalized spacial score (nSPS) is 12.2. The van der Waals surface area contributed by atoms with Crippen LogP contribution in [-0.4, -0.2) is 79.7 Å². The number of amides is 1. The molecule has 1 unspecified atom stereocenters. The number of ether oxygens (including phenoxy) is 4. The number of tetrazole rings is 1. The van der Waals surface area contributed by atoms with Crippen LogP contribution >= 0.6 is 0 Å². The minimum Gasteiger partial charge on any atom is -0.497 e. The van der Waals surface area contributed by atoms with Crippen molar-refractivity contribution in [1.29, 1.82) is 0 Å². The maximum Gasteiger partial charge on any atom is 0.407 e. The van der Waals surface area contributed by atoms with Gasteiger partial charge in [-0.05, 0) is 108 Å². The third kappa shape index (κ3) is 10.7. The average Bonchev–Trinajstić information content (AvgIpc) is 3.70. The van der Waals surface area contributed by atoms with Crippen LogP contribution in [0.3, 0.4) is 0 Å². The molecule has 18 heteroatoms. The average molecular weight is 856 g/mol. The number of hydrogen-bond donors (Lipinski definition) is 2. The Balaban J connectivity index is 1.53. The topological polar surface area (TPSA) is 197 Å². The standard InChI is InChI=1S/C42H45N7O9S2/c1-42(2,3)58-41(50)44-24-32-23-31(21-22-43-32)36-19-20-37(59(51)52)39(38(36)40-45-47-49(46-40)27-30-11-17-35(57-6)18-12-30)60(53,54)48(25-28-7-13-33(55-4)14-8-28)26-29-9-15-34(56-5)16-10-29/h7-23H,24-27H2,1-6H3,(H,44,50)(H,51,52). The van der Waals surface area contributed by atoms with E-state index in [0.717, 1.165) is 5.56 Å². The molecule has 60 heavy (non-hydrogen) atoms. The van der Waals surface area contributed by atoms with Crippen LogP contribution in [0.2, 0.25) is 0 Å². The molecule has 0 bridgehead atoms. The lowest BCUT2D eigenvalue weighted by molar-refractivity contribution is 0.0522. The third-order valence-corrected chi connectivity index (χ3v) is 11.8. The van der Waals surface area contributed by atoms with Crippen molar-refractivity contribution in [1.82, 2.24) is 34.8 Å². The van der Waals surface area contributed by atoms with Crippen molar-refractivity contribution in [2.45, 2.75) is 62.3 Å². The fourth-order valence-electron chi connectivity index (χ4n) is 6.17. The van der Waals surface area contributed by atoms with E-state index in [2.05, 4.69) is 25.7 Å². The van der Waals surface area contributed by atoms with E-state index in [1.54, 1.807) is 101 Å². The van der Waals surface area contributed by atoms with Gasteiger partial charge in [-0.15, -0.1) is 10.2 Å². The molecule has 0 saturated heterocycles. The smallest absolute Gasteiger partial charge is 0.407 e. The highest BCUT2D eigenvalue weighted by atomic mass is 32.2. The van der Waals surface area contributed by atoms with E-state index in [1.165, 1.54) is 41.7 Å². The molecule has 1 amide bonds. The third-order valence-electron chi connectivity index (χ3n) is 9.04. The molecule has 0 aliphatic rings. The number of carbonyl (C=O) groups excluding carboxylic acids is 1. The van der Waals surface area contributed by atoms with E-state index in [0.29, 0.717) is 45.2 Å². The zero-order valence-electron chi connectivity index (χ0n) is 33.9.